The third-order valence-corrected chi connectivity index (χ3v) is 6.28. The van der Waals surface area contributed by atoms with E-state index < -0.39 is 0 Å². The van der Waals surface area contributed by atoms with Crippen LogP contribution in [0.25, 0.3) is 15.9 Å². The van der Waals surface area contributed by atoms with E-state index in [2.05, 4.69) is 20.7 Å². The van der Waals surface area contributed by atoms with E-state index in [1.165, 1.54) is 15.9 Å². The Bertz CT molecular complexity index is 1570. The van der Waals surface area contributed by atoms with E-state index in [9.17, 15) is 9.59 Å². The largest absolute Gasteiger partial charge is 0.497 e. The number of nitrogens with zero attached hydrogens (tertiary/aromatic N) is 3. The van der Waals surface area contributed by atoms with Crippen LogP contribution in [-0.2, 0) is 6.54 Å². The lowest BCUT2D eigenvalue weighted by Gasteiger charge is -2.07. The summed E-state index contributed by atoms with van der Waals surface area (Å²) in [6, 6.07) is 20.2. The number of nitrogens with one attached hydrogen (secondary N) is 2. The molecule has 170 valence electrons. The molecule has 0 unspecified atom stereocenters. The van der Waals surface area contributed by atoms with E-state index in [0.717, 1.165) is 22.6 Å². The molecule has 3 aromatic carbocycles. The Balaban J connectivity index is 1.40. The molecule has 2 aromatic heterocycles. The molecule has 0 saturated heterocycles. The number of para-hydroxylation sites is 1. The van der Waals surface area contributed by atoms with Crippen molar-refractivity contribution in [3.63, 3.8) is 0 Å². The van der Waals surface area contributed by atoms with E-state index in [1.807, 2.05) is 55.5 Å². The zero-order chi connectivity index (χ0) is 23.7. The number of carbonyl (C=O) groups excluding carboxylic acids is 1. The first kappa shape index (κ1) is 21.6. The van der Waals surface area contributed by atoms with Crippen molar-refractivity contribution in [1.29, 1.82) is 0 Å². The van der Waals surface area contributed by atoms with Gasteiger partial charge in [0.2, 0.25) is 10.1 Å². The summed E-state index contributed by atoms with van der Waals surface area (Å²) in [6.07, 6.45) is 0. The van der Waals surface area contributed by atoms with Crippen LogP contribution in [0.15, 0.2) is 71.5 Å². The van der Waals surface area contributed by atoms with Gasteiger partial charge in [0.1, 0.15) is 5.75 Å². The molecule has 0 spiro atoms. The second kappa shape index (κ2) is 8.95. The van der Waals surface area contributed by atoms with Gasteiger partial charge in [-0.1, -0.05) is 41.7 Å². The van der Waals surface area contributed by atoms with Gasteiger partial charge in [0, 0.05) is 17.8 Å². The highest BCUT2D eigenvalue weighted by Crippen LogP contribution is 2.25. The van der Waals surface area contributed by atoms with Gasteiger partial charge in [-0.25, -0.2) is 4.98 Å². The Labute approximate surface area is 198 Å². The molecule has 5 rings (SSSR count). The molecule has 0 aliphatic heterocycles. The lowest BCUT2D eigenvalue weighted by Crippen LogP contribution is -2.23. The van der Waals surface area contributed by atoms with Gasteiger partial charge in [-0.05, 0) is 54.4 Å². The molecule has 0 aliphatic carbocycles. The first-order chi connectivity index (χ1) is 16.5. The summed E-state index contributed by atoms with van der Waals surface area (Å²) in [5, 5.41) is 11.5. The second-order valence-corrected chi connectivity index (χ2v) is 8.68. The predicted molar refractivity (Wildman–Crippen MR) is 133 cm³/mol. The molecule has 34 heavy (non-hydrogen) atoms. The lowest BCUT2D eigenvalue weighted by molar-refractivity contribution is 0.0951. The number of benzene rings is 3. The fourth-order valence-corrected chi connectivity index (χ4v) is 4.37. The maximum atomic E-state index is 13.0. The second-order valence-electron chi connectivity index (χ2n) is 7.72. The van der Waals surface area contributed by atoms with Crippen molar-refractivity contribution in [2.45, 2.75) is 13.5 Å². The Morgan fingerprint density at radius 3 is 2.65 bits per heavy atom. The van der Waals surface area contributed by atoms with Crippen LogP contribution in [0, 0.1) is 6.92 Å². The summed E-state index contributed by atoms with van der Waals surface area (Å²) in [6.45, 7) is 2.37. The molecule has 5 aromatic rings. The summed E-state index contributed by atoms with van der Waals surface area (Å²) >= 11 is 1.27. The van der Waals surface area contributed by atoms with E-state index >= 15 is 0 Å². The van der Waals surface area contributed by atoms with Gasteiger partial charge in [0.05, 0.1) is 18.0 Å². The Morgan fingerprint density at radius 2 is 1.88 bits per heavy atom. The number of aryl methyl sites for hydroxylation is 1. The molecular formula is C25H21N5O3S. The van der Waals surface area contributed by atoms with Gasteiger partial charge in [-0.2, -0.15) is 4.52 Å². The summed E-state index contributed by atoms with van der Waals surface area (Å²) in [5.74, 6) is 0.513. The smallest absolute Gasteiger partial charge is 0.283 e. The molecule has 0 aliphatic rings. The van der Waals surface area contributed by atoms with Gasteiger partial charge >= 0.3 is 0 Å². The molecule has 0 saturated carbocycles. The zero-order valence-corrected chi connectivity index (χ0v) is 19.3. The summed E-state index contributed by atoms with van der Waals surface area (Å²) < 4.78 is 6.44. The summed E-state index contributed by atoms with van der Waals surface area (Å²) in [4.78, 5) is 30.7. The number of carbonyl (C=O) groups is 1. The van der Waals surface area contributed by atoms with Gasteiger partial charge in [-0.15, -0.1) is 5.10 Å². The highest BCUT2D eigenvalue weighted by molar-refractivity contribution is 7.20. The standard InChI is InChI=1S/C25H21N5O3S/c1-15-5-3-4-6-20(15)27-24-29-30-23(32)19-12-9-17(13-21(19)28-25(30)34-24)22(31)26-14-16-7-10-18(33-2)11-8-16/h3-13H,14H2,1-2H3,(H,26,31)(H,27,29). The molecule has 0 bridgehead atoms. The van der Waals surface area contributed by atoms with Crippen LogP contribution in [0.1, 0.15) is 21.5 Å². The highest BCUT2D eigenvalue weighted by atomic mass is 32.1. The van der Waals surface area contributed by atoms with Crippen LogP contribution < -0.4 is 20.9 Å². The fraction of sp³-hybridized carbons (Fsp3) is 0.120. The molecule has 2 heterocycles. The number of hydrogen-bond donors (Lipinski definition) is 2. The Hall–Kier alpha value is -4.24. The third kappa shape index (κ3) is 4.20. The van der Waals surface area contributed by atoms with Gasteiger partial charge in [0.25, 0.3) is 11.5 Å². The number of hydrogen-bond acceptors (Lipinski definition) is 7. The Morgan fingerprint density at radius 1 is 1.09 bits per heavy atom. The van der Waals surface area contributed by atoms with Crippen molar-refractivity contribution in [3.05, 3.63) is 93.8 Å². The normalized spacial score (nSPS) is 11.0. The van der Waals surface area contributed by atoms with Gasteiger partial charge in [-0.3, -0.25) is 9.59 Å². The van der Waals surface area contributed by atoms with Gasteiger partial charge in [0.15, 0.2) is 0 Å². The number of aromatic nitrogens is 3. The van der Waals surface area contributed by atoms with Crippen molar-refractivity contribution < 1.29 is 9.53 Å². The van der Waals surface area contributed by atoms with Crippen LogP contribution >= 0.6 is 11.3 Å². The van der Waals surface area contributed by atoms with Crippen molar-refractivity contribution in [1.82, 2.24) is 19.9 Å². The SMILES string of the molecule is COc1ccc(CNC(=O)c2ccc3c(=O)n4nc(Nc5ccccc5C)sc4nc3c2)cc1. The fourth-order valence-electron chi connectivity index (χ4n) is 3.56. The van der Waals surface area contributed by atoms with Crippen molar-refractivity contribution >= 4 is 43.9 Å². The number of ether oxygens (including phenoxy) is 1. The highest BCUT2D eigenvalue weighted by Gasteiger charge is 2.14. The van der Waals surface area contributed by atoms with Crippen LogP contribution in [0.4, 0.5) is 10.8 Å². The summed E-state index contributed by atoms with van der Waals surface area (Å²) in [7, 11) is 1.61. The average Bonchev–Trinajstić information content (AvgIpc) is 3.26. The van der Waals surface area contributed by atoms with E-state index in [4.69, 9.17) is 4.74 Å². The number of methoxy groups -OCH3 is 1. The van der Waals surface area contributed by atoms with Crippen LogP contribution in [0.5, 0.6) is 5.75 Å². The number of fused-ring (bicyclic) bond motifs is 2. The zero-order valence-electron chi connectivity index (χ0n) is 18.5. The van der Waals surface area contributed by atoms with E-state index in [0.29, 0.717) is 33.1 Å². The minimum Gasteiger partial charge on any atom is -0.497 e. The van der Waals surface area contributed by atoms with Gasteiger partial charge < -0.3 is 15.4 Å². The van der Waals surface area contributed by atoms with Crippen LogP contribution in [-0.4, -0.2) is 27.6 Å². The molecule has 8 nitrogen and oxygen atoms in total. The first-order valence-electron chi connectivity index (χ1n) is 10.6. The minimum absolute atomic E-state index is 0.245. The maximum absolute atomic E-state index is 13.0. The predicted octanol–water partition coefficient (Wildman–Crippen LogP) is 4.29. The molecule has 1 amide bonds. The van der Waals surface area contributed by atoms with Crippen LogP contribution in [0.3, 0.4) is 0 Å². The topological polar surface area (TPSA) is 97.6 Å². The quantitative estimate of drug-likeness (QED) is 0.383. The monoisotopic (exact) mass is 471 g/mol. The van der Waals surface area contributed by atoms with Crippen molar-refractivity contribution in [3.8, 4) is 5.75 Å². The molecular weight excluding hydrogens is 450 g/mol. The number of amides is 1. The molecule has 2 N–H and O–H groups in total. The number of rotatable bonds is 6. The first-order valence-corrected chi connectivity index (χ1v) is 11.4. The number of anilines is 2. The van der Waals surface area contributed by atoms with E-state index in [1.54, 1.807) is 25.3 Å². The van der Waals surface area contributed by atoms with Crippen molar-refractivity contribution in [2.24, 2.45) is 0 Å². The minimum atomic E-state index is -0.278. The third-order valence-electron chi connectivity index (χ3n) is 5.46. The van der Waals surface area contributed by atoms with E-state index in [-0.39, 0.29) is 11.5 Å². The lowest BCUT2D eigenvalue weighted by atomic mass is 10.1. The summed E-state index contributed by atoms with van der Waals surface area (Å²) in [5.41, 5.74) is 3.53. The molecule has 0 atom stereocenters. The maximum Gasteiger partial charge on any atom is 0.283 e. The molecule has 0 fully saturated rings. The molecule has 9 heteroatoms. The average molecular weight is 472 g/mol. The van der Waals surface area contributed by atoms with Crippen LogP contribution in [0.2, 0.25) is 0 Å². The Kier molecular flexibility index (Phi) is 5.69. The molecule has 0 radical (unpaired) electrons. The van der Waals surface area contributed by atoms with Crippen molar-refractivity contribution in [2.75, 3.05) is 12.4 Å².